The van der Waals surface area contributed by atoms with E-state index in [9.17, 15) is 24.5 Å². The summed E-state index contributed by atoms with van der Waals surface area (Å²) < 4.78 is 5.37. The lowest BCUT2D eigenvalue weighted by Gasteiger charge is -2.33. The number of carbonyl (C=O) groups is 3. The number of imide groups is 1. The molecule has 5 atom stereocenters. The SMILES string of the molecule is CCc1cccc2c1NC(=O)[C@@]21[C@@H]2C(=O)N(c3cc([N+](=O)[O-])ccc3OC)C(=O)[C@@H]2[C@@H]2CCC[NH+]21. The number of quaternary nitrogens is 1. The number of methoxy groups -OCH3 is 1. The largest absolute Gasteiger partial charge is 0.495 e. The van der Waals surface area contributed by atoms with Gasteiger partial charge in [0, 0.05) is 30.5 Å². The first-order valence-electron chi connectivity index (χ1n) is 11.9. The molecular formula is C25H25N4O6+. The molecule has 4 heterocycles. The van der Waals surface area contributed by atoms with E-state index in [-0.39, 0.29) is 29.1 Å². The number of nitro groups is 1. The summed E-state index contributed by atoms with van der Waals surface area (Å²) in [5.74, 6) is -2.58. The summed E-state index contributed by atoms with van der Waals surface area (Å²) in [7, 11) is 1.38. The molecule has 2 N–H and O–H groups in total. The van der Waals surface area contributed by atoms with Gasteiger partial charge in [-0.25, -0.2) is 4.90 Å². The van der Waals surface area contributed by atoms with Crippen molar-refractivity contribution >= 4 is 34.8 Å². The van der Waals surface area contributed by atoms with E-state index in [0.717, 1.165) is 45.9 Å². The number of rotatable bonds is 4. The number of anilines is 2. The molecule has 0 aliphatic carbocycles. The number of non-ortho nitro benzene ring substituents is 1. The molecule has 10 nitrogen and oxygen atoms in total. The van der Waals surface area contributed by atoms with E-state index in [1.165, 1.54) is 25.3 Å². The van der Waals surface area contributed by atoms with E-state index in [0.29, 0.717) is 6.54 Å². The fraction of sp³-hybridized carbons (Fsp3) is 0.400. The molecule has 6 rings (SSSR count). The van der Waals surface area contributed by atoms with Crippen molar-refractivity contribution < 1.29 is 28.9 Å². The summed E-state index contributed by atoms with van der Waals surface area (Å²) in [5, 5.41) is 14.5. The van der Waals surface area contributed by atoms with E-state index in [1.807, 2.05) is 25.1 Å². The molecule has 4 aliphatic rings. The average molecular weight is 477 g/mol. The minimum absolute atomic E-state index is 0.0433. The number of fused-ring (bicyclic) bond motifs is 7. The number of nitrogens with one attached hydrogen (secondary N) is 2. The van der Waals surface area contributed by atoms with Gasteiger partial charge >= 0.3 is 0 Å². The first kappa shape index (κ1) is 21.7. The molecule has 1 spiro atoms. The van der Waals surface area contributed by atoms with Crippen molar-refractivity contribution in [1.82, 2.24) is 0 Å². The van der Waals surface area contributed by atoms with Crippen molar-refractivity contribution in [2.75, 3.05) is 23.9 Å². The molecule has 0 bridgehead atoms. The van der Waals surface area contributed by atoms with Gasteiger partial charge < -0.3 is 15.0 Å². The Hall–Kier alpha value is -3.79. The molecule has 3 saturated heterocycles. The zero-order valence-corrected chi connectivity index (χ0v) is 19.4. The normalized spacial score (nSPS) is 30.5. The number of aryl methyl sites for hydroxylation is 1. The third kappa shape index (κ3) is 2.54. The number of hydrogen-bond acceptors (Lipinski definition) is 6. The van der Waals surface area contributed by atoms with Crippen LogP contribution in [-0.2, 0) is 26.3 Å². The number of benzene rings is 2. The van der Waals surface area contributed by atoms with Gasteiger partial charge in [0.25, 0.3) is 11.6 Å². The van der Waals surface area contributed by atoms with Crippen LogP contribution < -0.4 is 19.9 Å². The van der Waals surface area contributed by atoms with Crippen LogP contribution >= 0.6 is 0 Å². The Morgan fingerprint density at radius 2 is 2.03 bits per heavy atom. The molecule has 2 aromatic carbocycles. The molecule has 35 heavy (non-hydrogen) atoms. The number of hydrogen-bond donors (Lipinski definition) is 2. The van der Waals surface area contributed by atoms with E-state index in [4.69, 9.17) is 4.74 Å². The Labute approximate surface area is 201 Å². The zero-order valence-electron chi connectivity index (χ0n) is 19.4. The summed E-state index contributed by atoms with van der Waals surface area (Å²) in [4.78, 5) is 54.7. The topological polar surface area (TPSA) is 123 Å². The van der Waals surface area contributed by atoms with Crippen LogP contribution in [0.3, 0.4) is 0 Å². The fourth-order valence-electron chi connectivity index (χ4n) is 7.05. The van der Waals surface area contributed by atoms with Gasteiger partial charge in [0.05, 0.1) is 24.3 Å². The second kappa shape index (κ2) is 7.35. The second-order valence-electron chi connectivity index (χ2n) is 9.61. The average Bonchev–Trinajstić information content (AvgIpc) is 3.56. The minimum atomic E-state index is -1.21. The van der Waals surface area contributed by atoms with Gasteiger partial charge in [0.15, 0.2) is 0 Å². The molecule has 4 aliphatic heterocycles. The highest BCUT2D eigenvalue weighted by Gasteiger charge is 2.78. The number of para-hydroxylation sites is 1. The molecule has 3 amide bonds. The van der Waals surface area contributed by atoms with E-state index >= 15 is 0 Å². The number of amides is 3. The summed E-state index contributed by atoms with van der Waals surface area (Å²) in [6, 6.07) is 9.42. The van der Waals surface area contributed by atoms with Gasteiger partial charge in [-0.2, -0.15) is 0 Å². The van der Waals surface area contributed by atoms with E-state index < -0.39 is 34.1 Å². The number of ether oxygens (including phenoxy) is 1. The number of carbonyl (C=O) groups excluding carboxylic acids is 3. The van der Waals surface area contributed by atoms with E-state index in [2.05, 4.69) is 5.32 Å². The Bertz CT molecular complexity index is 1330. The second-order valence-corrected chi connectivity index (χ2v) is 9.61. The standard InChI is InChI=1S/C25H24N4O6/c1-3-13-6-4-7-15-21(13)26-24(32)25(15)20-19(16-8-5-11-27(16)25)22(30)28(23(20)31)17-12-14(29(33)34)9-10-18(17)35-2/h4,6-7,9-10,12,16,19-20H,3,5,8,11H2,1-2H3,(H,26,32)/p+1/t16-,19+,20-,25-/m0/s1. The molecule has 3 fully saturated rings. The van der Waals surface area contributed by atoms with Crippen molar-refractivity contribution in [3.63, 3.8) is 0 Å². The van der Waals surface area contributed by atoms with Gasteiger partial charge in [-0.15, -0.1) is 0 Å². The van der Waals surface area contributed by atoms with Gasteiger partial charge in [-0.3, -0.25) is 24.5 Å². The van der Waals surface area contributed by atoms with Gasteiger partial charge in [-0.05, 0) is 18.1 Å². The Balaban J connectivity index is 1.55. The highest BCUT2D eigenvalue weighted by Crippen LogP contribution is 2.53. The van der Waals surface area contributed by atoms with Crippen LogP contribution in [-0.4, -0.2) is 42.3 Å². The predicted octanol–water partition coefficient (Wildman–Crippen LogP) is 1.18. The van der Waals surface area contributed by atoms with Crippen molar-refractivity contribution in [2.45, 2.75) is 37.8 Å². The monoisotopic (exact) mass is 477 g/mol. The van der Waals surface area contributed by atoms with Crippen molar-refractivity contribution in [3.8, 4) is 5.75 Å². The maximum atomic E-state index is 14.1. The lowest BCUT2D eigenvalue weighted by Crippen LogP contribution is -3.19. The number of nitrogens with zero attached hydrogens (tertiary/aromatic N) is 2. The molecule has 2 aromatic rings. The fourth-order valence-corrected chi connectivity index (χ4v) is 7.05. The molecule has 0 saturated carbocycles. The van der Waals surface area contributed by atoms with Gasteiger partial charge in [-0.1, -0.05) is 25.1 Å². The van der Waals surface area contributed by atoms with Crippen LogP contribution in [0.5, 0.6) is 5.75 Å². The van der Waals surface area contributed by atoms with E-state index in [1.54, 1.807) is 0 Å². The first-order valence-corrected chi connectivity index (χ1v) is 11.9. The van der Waals surface area contributed by atoms with Crippen molar-refractivity contribution in [2.24, 2.45) is 11.8 Å². The van der Waals surface area contributed by atoms with Crippen molar-refractivity contribution in [1.29, 1.82) is 0 Å². The van der Waals surface area contributed by atoms with Crippen LogP contribution in [0.25, 0.3) is 0 Å². The van der Waals surface area contributed by atoms with Crippen LogP contribution in [0.1, 0.15) is 30.9 Å². The van der Waals surface area contributed by atoms with Crippen LogP contribution in [0.2, 0.25) is 0 Å². The maximum absolute atomic E-state index is 14.1. The van der Waals surface area contributed by atoms with Gasteiger partial charge in [0.1, 0.15) is 29.3 Å². The third-order valence-electron chi connectivity index (χ3n) is 8.33. The number of nitro benzene ring substituents is 1. The smallest absolute Gasteiger partial charge is 0.291 e. The molecule has 0 aromatic heterocycles. The molecular weight excluding hydrogens is 452 g/mol. The maximum Gasteiger partial charge on any atom is 0.291 e. The molecule has 0 radical (unpaired) electrons. The molecule has 180 valence electrons. The quantitative estimate of drug-likeness (QED) is 0.387. The van der Waals surface area contributed by atoms with Crippen molar-refractivity contribution in [3.05, 3.63) is 57.6 Å². The van der Waals surface area contributed by atoms with Gasteiger partial charge in [0.2, 0.25) is 17.4 Å². The summed E-state index contributed by atoms with van der Waals surface area (Å²) >= 11 is 0. The molecule has 1 unspecified atom stereocenters. The Morgan fingerprint density at radius 3 is 2.74 bits per heavy atom. The zero-order chi connectivity index (χ0) is 24.6. The minimum Gasteiger partial charge on any atom is -0.495 e. The third-order valence-corrected chi connectivity index (χ3v) is 8.33. The molecule has 10 heteroatoms. The van der Waals surface area contributed by atoms with Crippen LogP contribution in [0, 0.1) is 22.0 Å². The first-order chi connectivity index (χ1) is 16.9. The summed E-state index contributed by atoms with van der Waals surface area (Å²) in [5.41, 5.74) is 1.08. The lowest BCUT2D eigenvalue weighted by atomic mass is 9.75. The summed E-state index contributed by atoms with van der Waals surface area (Å²) in [6.07, 6.45) is 2.30. The van der Waals surface area contributed by atoms with Crippen LogP contribution in [0.4, 0.5) is 17.1 Å². The highest BCUT2D eigenvalue weighted by molar-refractivity contribution is 6.26. The predicted molar refractivity (Wildman–Crippen MR) is 124 cm³/mol. The Kier molecular flexibility index (Phi) is 4.56. The summed E-state index contributed by atoms with van der Waals surface area (Å²) in [6.45, 7) is 2.71. The Morgan fingerprint density at radius 1 is 1.23 bits per heavy atom. The highest BCUT2D eigenvalue weighted by atomic mass is 16.6. The lowest BCUT2D eigenvalue weighted by molar-refractivity contribution is -0.948. The van der Waals surface area contributed by atoms with Crippen LogP contribution in [0.15, 0.2) is 36.4 Å².